The summed E-state index contributed by atoms with van der Waals surface area (Å²) in [7, 11) is 1.76. The molecule has 0 radical (unpaired) electrons. The van der Waals surface area contributed by atoms with Crippen LogP contribution in [0.25, 0.3) is 0 Å². The molecule has 0 saturated carbocycles. The maximum Gasteiger partial charge on any atom is 0.213 e. The number of rotatable bonds is 4. The quantitative estimate of drug-likeness (QED) is 0.613. The van der Waals surface area contributed by atoms with Crippen LogP contribution in [0.3, 0.4) is 0 Å². The lowest BCUT2D eigenvalue weighted by Gasteiger charge is -2.15. The molecule has 1 aliphatic rings. The van der Waals surface area contributed by atoms with E-state index in [9.17, 15) is 18.8 Å². The summed E-state index contributed by atoms with van der Waals surface area (Å²) in [6.07, 6.45) is 0. The van der Waals surface area contributed by atoms with Crippen molar-refractivity contribution in [2.45, 2.75) is 4.90 Å². The third kappa shape index (κ3) is 3.35. The zero-order valence-electron chi connectivity index (χ0n) is 13.1. The Labute approximate surface area is 147 Å². The first-order valence-electron chi connectivity index (χ1n) is 7.27. The van der Waals surface area contributed by atoms with Crippen LogP contribution >= 0.6 is 11.8 Å². The molecule has 0 aliphatic carbocycles. The van der Waals surface area contributed by atoms with Gasteiger partial charge in [0.05, 0.1) is 5.69 Å². The van der Waals surface area contributed by atoms with Crippen molar-refractivity contribution in [2.24, 2.45) is 0 Å². The minimum Gasteiger partial charge on any atom is -0.482 e. The summed E-state index contributed by atoms with van der Waals surface area (Å²) < 4.78 is 31.5. The third-order valence-electron chi connectivity index (χ3n) is 3.60. The lowest BCUT2D eigenvalue weighted by atomic mass is 10.2. The van der Waals surface area contributed by atoms with E-state index in [1.807, 2.05) is 30.3 Å². The van der Waals surface area contributed by atoms with E-state index in [1.165, 1.54) is 11.8 Å². The fourth-order valence-corrected chi connectivity index (χ4v) is 3.52. The van der Waals surface area contributed by atoms with E-state index in [4.69, 9.17) is 4.74 Å². The predicted octanol–water partition coefficient (Wildman–Crippen LogP) is 3.89. The highest BCUT2D eigenvalue weighted by Gasteiger charge is 2.28. The van der Waals surface area contributed by atoms with E-state index < -0.39 is 24.0 Å². The predicted molar refractivity (Wildman–Crippen MR) is 90.2 cm³/mol. The number of hydrogen-bond acceptors (Lipinski definition) is 5. The molecule has 2 aromatic rings. The number of fused-ring (bicyclic) bond motifs is 1. The van der Waals surface area contributed by atoms with Crippen molar-refractivity contribution in [3.8, 4) is 11.8 Å². The third-order valence-corrected chi connectivity index (χ3v) is 4.83. The van der Waals surface area contributed by atoms with Gasteiger partial charge in [0.1, 0.15) is 22.5 Å². The van der Waals surface area contributed by atoms with E-state index in [2.05, 4.69) is 0 Å². The van der Waals surface area contributed by atoms with Crippen molar-refractivity contribution in [1.29, 1.82) is 5.26 Å². The van der Waals surface area contributed by atoms with Crippen molar-refractivity contribution < 1.29 is 18.3 Å². The van der Waals surface area contributed by atoms with Gasteiger partial charge in [-0.05, 0) is 24.3 Å². The number of thioether (sulfide) groups is 1. The number of carbonyl (C=O) groups excluding carboxylic acids is 1. The fourth-order valence-electron chi connectivity index (χ4n) is 2.36. The summed E-state index contributed by atoms with van der Waals surface area (Å²) in [4.78, 5) is 15.1. The molecule has 0 amide bonds. The number of nitriles is 1. The average Bonchev–Trinajstić information content (AvgIpc) is 2.92. The smallest absolute Gasteiger partial charge is 0.213 e. The molecule has 0 N–H and O–H groups in total. The Balaban J connectivity index is 1.80. The molecule has 0 unspecified atom stereocenters. The normalized spacial score (nSPS) is 14.7. The van der Waals surface area contributed by atoms with Crippen LogP contribution in [0.4, 0.5) is 14.5 Å². The summed E-state index contributed by atoms with van der Waals surface area (Å²) in [5.41, 5.74) is 0.833. The summed E-state index contributed by atoms with van der Waals surface area (Å²) in [5, 5.41) is 9.89. The van der Waals surface area contributed by atoms with E-state index in [0.717, 1.165) is 22.7 Å². The molecule has 1 aliphatic heterocycles. The van der Waals surface area contributed by atoms with Crippen LogP contribution in [0, 0.1) is 23.0 Å². The Morgan fingerprint density at radius 1 is 1.28 bits per heavy atom. The number of hydrogen-bond donors (Lipinski definition) is 0. The van der Waals surface area contributed by atoms with E-state index in [0.29, 0.717) is 11.1 Å². The molecule has 0 bridgehead atoms. The van der Waals surface area contributed by atoms with Gasteiger partial charge in [0, 0.05) is 18.0 Å². The Hall–Kier alpha value is -2.85. The molecule has 126 valence electrons. The Bertz CT molecular complexity index is 922. The van der Waals surface area contributed by atoms with Crippen LogP contribution in [0.2, 0.25) is 0 Å². The Morgan fingerprint density at radius 2 is 2.04 bits per heavy atom. The Kier molecular flexibility index (Phi) is 4.72. The molecule has 0 fully saturated rings. The van der Waals surface area contributed by atoms with Crippen molar-refractivity contribution in [1.82, 2.24) is 0 Å². The average molecular weight is 358 g/mol. The number of anilines is 1. The van der Waals surface area contributed by atoms with Crippen LogP contribution in [-0.4, -0.2) is 19.4 Å². The number of carbonyl (C=O) groups is 1. The van der Waals surface area contributed by atoms with Crippen LogP contribution in [-0.2, 0) is 4.79 Å². The van der Waals surface area contributed by atoms with Crippen LogP contribution in [0.1, 0.15) is 0 Å². The number of ether oxygens (including phenoxy) is 1. The van der Waals surface area contributed by atoms with Crippen molar-refractivity contribution in [2.75, 3.05) is 18.6 Å². The molecule has 3 rings (SSSR count). The zero-order chi connectivity index (χ0) is 18.0. The first-order valence-corrected chi connectivity index (χ1v) is 8.09. The van der Waals surface area contributed by atoms with E-state index in [1.54, 1.807) is 11.9 Å². The molecule has 0 atom stereocenters. The fraction of sp³-hybridized carbons (Fsp3) is 0.111. The van der Waals surface area contributed by atoms with Gasteiger partial charge in [-0.15, -0.1) is 0 Å². The maximum atomic E-state index is 13.6. The van der Waals surface area contributed by atoms with Gasteiger partial charge in [-0.3, -0.25) is 4.79 Å². The Morgan fingerprint density at radius 3 is 2.72 bits per heavy atom. The summed E-state index contributed by atoms with van der Waals surface area (Å²) >= 11 is 1.32. The standard InChI is InChI=1S/C18H12F2N2O2S/c1-22-14-4-2-3-5-17(14)25-18(22)12(9-21)15(23)10-24-16-7-6-11(19)8-13(16)20/h2-8H,10H2,1H3/b18-12-. The summed E-state index contributed by atoms with van der Waals surface area (Å²) in [6.45, 7) is -0.514. The number of benzene rings is 2. The second-order valence-corrected chi connectivity index (χ2v) is 6.24. The molecule has 2 aromatic carbocycles. The van der Waals surface area contributed by atoms with Gasteiger partial charge in [-0.1, -0.05) is 23.9 Å². The lowest BCUT2D eigenvalue weighted by Crippen LogP contribution is -2.19. The van der Waals surface area contributed by atoms with Crippen LogP contribution in [0.5, 0.6) is 5.75 Å². The van der Waals surface area contributed by atoms with Gasteiger partial charge in [-0.2, -0.15) is 5.26 Å². The first-order chi connectivity index (χ1) is 12.0. The highest BCUT2D eigenvalue weighted by atomic mass is 32.2. The highest BCUT2D eigenvalue weighted by molar-refractivity contribution is 8.03. The molecule has 0 spiro atoms. The first kappa shape index (κ1) is 17.0. The minimum absolute atomic E-state index is 0.0637. The monoisotopic (exact) mass is 358 g/mol. The van der Waals surface area contributed by atoms with E-state index >= 15 is 0 Å². The van der Waals surface area contributed by atoms with Gasteiger partial charge < -0.3 is 9.64 Å². The highest BCUT2D eigenvalue weighted by Crippen LogP contribution is 2.46. The minimum atomic E-state index is -0.904. The maximum absolute atomic E-state index is 13.6. The lowest BCUT2D eigenvalue weighted by molar-refractivity contribution is -0.117. The molecular weight excluding hydrogens is 346 g/mol. The molecule has 1 heterocycles. The van der Waals surface area contributed by atoms with Gasteiger partial charge in [-0.25, -0.2) is 8.78 Å². The SMILES string of the molecule is CN1/C(=C(\C#N)C(=O)COc2ccc(F)cc2F)Sc2ccccc21. The van der Waals surface area contributed by atoms with Crippen LogP contribution in [0.15, 0.2) is 58.0 Å². The second-order valence-electron chi connectivity index (χ2n) is 5.21. The van der Waals surface area contributed by atoms with Gasteiger partial charge in [0.25, 0.3) is 0 Å². The summed E-state index contributed by atoms with van der Waals surface area (Å²) in [6, 6.07) is 12.2. The molecule has 0 saturated heterocycles. The van der Waals surface area contributed by atoms with Crippen molar-refractivity contribution in [3.05, 3.63) is 64.7 Å². The number of ketones is 1. The van der Waals surface area contributed by atoms with Crippen molar-refractivity contribution in [3.63, 3.8) is 0 Å². The molecule has 25 heavy (non-hydrogen) atoms. The van der Waals surface area contributed by atoms with Gasteiger partial charge >= 0.3 is 0 Å². The summed E-state index contributed by atoms with van der Waals surface area (Å²) in [5.74, 6) is -2.46. The van der Waals surface area contributed by atoms with Gasteiger partial charge in [0.2, 0.25) is 5.78 Å². The number of halogens is 2. The largest absolute Gasteiger partial charge is 0.482 e. The van der Waals surface area contributed by atoms with Crippen molar-refractivity contribution >= 4 is 23.2 Å². The molecule has 7 heteroatoms. The molecule has 0 aromatic heterocycles. The molecule has 4 nitrogen and oxygen atoms in total. The van der Waals surface area contributed by atoms with Gasteiger partial charge in [0.15, 0.2) is 18.2 Å². The topological polar surface area (TPSA) is 53.3 Å². The number of nitrogens with zero attached hydrogens (tertiary/aromatic N) is 2. The molecular formula is C18H12F2N2O2S. The number of para-hydroxylation sites is 1. The van der Waals surface area contributed by atoms with E-state index in [-0.39, 0.29) is 11.3 Å². The second kappa shape index (κ2) is 6.95. The van der Waals surface area contributed by atoms with Crippen LogP contribution < -0.4 is 9.64 Å². The number of Topliss-reactive ketones (excluding diaryl/α,β-unsaturated/α-hetero) is 1. The zero-order valence-corrected chi connectivity index (χ0v) is 13.9.